The first-order valence-electron chi connectivity index (χ1n) is 9.52. The quantitative estimate of drug-likeness (QED) is 0.394. The molecule has 30 heavy (non-hydrogen) atoms. The molecule has 4 nitrogen and oxygen atoms in total. The van der Waals surface area contributed by atoms with Crippen LogP contribution in [-0.2, 0) is 17.8 Å². The van der Waals surface area contributed by atoms with E-state index in [2.05, 4.69) is 22.5 Å². The Balaban J connectivity index is 1.85. The minimum Gasteiger partial charge on any atom is -0.497 e. The highest BCUT2D eigenvalue weighted by molar-refractivity contribution is 9.10. The number of carbonyl (C=O) groups is 1. The van der Waals surface area contributed by atoms with Gasteiger partial charge in [-0.05, 0) is 63.5 Å². The summed E-state index contributed by atoms with van der Waals surface area (Å²) >= 11 is 3.58. The van der Waals surface area contributed by atoms with Gasteiger partial charge in [-0.3, -0.25) is 4.79 Å². The molecule has 0 heterocycles. The van der Waals surface area contributed by atoms with Gasteiger partial charge in [0.05, 0.1) is 26.5 Å². The van der Waals surface area contributed by atoms with E-state index in [0.717, 1.165) is 32.8 Å². The lowest BCUT2D eigenvalue weighted by Crippen LogP contribution is -2.32. The molecule has 0 bridgehead atoms. The van der Waals surface area contributed by atoms with Gasteiger partial charge in [0.1, 0.15) is 11.5 Å². The number of amides is 1. The van der Waals surface area contributed by atoms with E-state index in [1.54, 1.807) is 19.1 Å². The van der Waals surface area contributed by atoms with Crippen molar-refractivity contribution in [2.45, 2.75) is 13.0 Å². The number of hydrogen-bond donors (Lipinski definition) is 0. The predicted octanol–water partition coefficient (Wildman–Crippen LogP) is 5.80. The molecule has 1 amide bonds. The van der Waals surface area contributed by atoms with E-state index >= 15 is 0 Å². The maximum Gasteiger partial charge on any atom is 0.254 e. The molecule has 3 aromatic carbocycles. The minimum atomic E-state index is -0.117. The zero-order chi connectivity index (χ0) is 21.5. The summed E-state index contributed by atoms with van der Waals surface area (Å²) in [5, 5.41) is 0. The third-order valence-electron chi connectivity index (χ3n) is 4.77. The molecule has 0 saturated carbocycles. The number of halogens is 1. The normalized spacial score (nSPS) is 10.4. The molecule has 0 unspecified atom stereocenters. The molecule has 0 fully saturated rings. The third-order valence-corrected chi connectivity index (χ3v) is 5.44. The van der Waals surface area contributed by atoms with Gasteiger partial charge in [0.25, 0.3) is 5.91 Å². The van der Waals surface area contributed by atoms with E-state index in [1.807, 2.05) is 72.8 Å². The molecule has 3 aromatic rings. The van der Waals surface area contributed by atoms with Gasteiger partial charge >= 0.3 is 0 Å². The van der Waals surface area contributed by atoms with Crippen molar-refractivity contribution in [1.82, 2.24) is 0 Å². The van der Waals surface area contributed by atoms with Crippen molar-refractivity contribution in [3.8, 4) is 11.5 Å². The molecule has 0 aliphatic rings. The number of methoxy groups -OCH3 is 2. The first kappa shape index (κ1) is 21.7. The van der Waals surface area contributed by atoms with Crippen LogP contribution in [0.25, 0.3) is 0 Å². The van der Waals surface area contributed by atoms with Gasteiger partial charge in [0.2, 0.25) is 0 Å². The second-order valence-electron chi connectivity index (χ2n) is 6.82. The van der Waals surface area contributed by atoms with Crippen molar-refractivity contribution in [3.63, 3.8) is 0 Å². The molecule has 0 spiro atoms. The van der Waals surface area contributed by atoms with Crippen LogP contribution < -0.4 is 14.4 Å². The first-order chi connectivity index (χ1) is 14.5. The number of benzene rings is 3. The highest BCUT2D eigenvalue weighted by Gasteiger charge is 2.21. The van der Waals surface area contributed by atoms with Crippen LogP contribution in [0.2, 0.25) is 0 Å². The van der Waals surface area contributed by atoms with Crippen LogP contribution in [0.3, 0.4) is 0 Å². The fourth-order valence-corrected chi connectivity index (χ4v) is 3.61. The Morgan fingerprint density at radius 2 is 1.40 bits per heavy atom. The van der Waals surface area contributed by atoms with E-state index in [1.165, 1.54) is 0 Å². The van der Waals surface area contributed by atoms with Crippen LogP contribution in [-0.4, -0.2) is 20.1 Å². The number of rotatable bonds is 8. The molecule has 154 valence electrons. The average molecular weight is 466 g/mol. The summed E-state index contributed by atoms with van der Waals surface area (Å²) in [4.78, 5) is 15.2. The number of carbonyl (C=O) groups excluding carboxylic acids is 1. The molecule has 0 atom stereocenters. The summed E-state index contributed by atoms with van der Waals surface area (Å²) in [6, 6.07) is 23.1. The molecular weight excluding hydrogens is 442 g/mol. The smallest absolute Gasteiger partial charge is 0.254 e. The number of ether oxygens (including phenoxy) is 2. The second-order valence-corrected chi connectivity index (χ2v) is 7.67. The second kappa shape index (κ2) is 10.1. The topological polar surface area (TPSA) is 38.8 Å². The average Bonchev–Trinajstić information content (AvgIpc) is 2.78. The Morgan fingerprint density at radius 1 is 0.867 bits per heavy atom. The van der Waals surface area contributed by atoms with Crippen molar-refractivity contribution in [1.29, 1.82) is 0 Å². The van der Waals surface area contributed by atoms with Gasteiger partial charge in [-0.2, -0.15) is 0 Å². The van der Waals surface area contributed by atoms with Gasteiger partial charge in [-0.1, -0.05) is 43.0 Å². The largest absolute Gasteiger partial charge is 0.497 e. The van der Waals surface area contributed by atoms with Crippen LogP contribution in [0, 0.1) is 0 Å². The SMILES string of the molecule is C=C(Cc1ccc(OC)cc1)C(=O)N(Cc1ccc(OC)cc1)c1ccccc1Br. The predicted molar refractivity (Wildman–Crippen MR) is 124 cm³/mol. The fraction of sp³-hybridized carbons (Fsp3) is 0.160. The third kappa shape index (κ3) is 5.30. The molecule has 3 rings (SSSR count). The molecule has 0 radical (unpaired) electrons. The number of anilines is 1. The monoisotopic (exact) mass is 465 g/mol. The maximum absolute atomic E-state index is 13.4. The van der Waals surface area contributed by atoms with E-state index in [0.29, 0.717) is 18.5 Å². The molecule has 0 saturated heterocycles. The Labute approximate surface area is 185 Å². The minimum absolute atomic E-state index is 0.117. The van der Waals surface area contributed by atoms with Crippen LogP contribution in [0.4, 0.5) is 5.69 Å². The summed E-state index contributed by atoms with van der Waals surface area (Å²) in [6.07, 6.45) is 0.465. The van der Waals surface area contributed by atoms with Gasteiger partial charge < -0.3 is 14.4 Å². The van der Waals surface area contributed by atoms with Gasteiger partial charge in [0, 0.05) is 16.5 Å². The molecule has 0 N–H and O–H groups in total. The summed E-state index contributed by atoms with van der Waals surface area (Å²) in [5.74, 6) is 1.44. The van der Waals surface area contributed by atoms with Gasteiger partial charge in [-0.15, -0.1) is 0 Å². The summed E-state index contributed by atoms with van der Waals surface area (Å²) in [5.41, 5.74) is 3.32. The van der Waals surface area contributed by atoms with Crippen molar-refractivity contribution < 1.29 is 14.3 Å². The molecule has 0 aliphatic heterocycles. The summed E-state index contributed by atoms with van der Waals surface area (Å²) < 4.78 is 11.3. The summed E-state index contributed by atoms with van der Waals surface area (Å²) in [6.45, 7) is 4.50. The maximum atomic E-state index is 13.4. The van der Waals surface area contributed by atoms with E-state index < -0.39 is 0 Å². The zero-order valence-corrected chi connectivity index (χ0v) is 18.7. The Morgan fingerprint density at radius 3 is 1.93 bits per heavy atom. The molecular formula is C25H24BrNO3. The number of hydrogen-bond acceptors (Lipinski definition) is 3. The van der Waals surface area contributed by atoms with Crippen molar-refractivity contribution in [2.75, 3.05) is 19.1 Å². The van der Waals surface area contributed by atoms with Gasteiger partial charge in [0.15, 0.2) is 0 Å². The van der Waals surface area contributed by atoms with Crippen molar-refractivity contribution >= 4 is 27.5 Å². The zero-order valence-electron chi connectivity index (χ0n) is 17.1. The Hall–Kier alpha value is -3.05. The fourth-order valence-electron chi connectivity index (χ4n) is 3.11. The van der Waals surface area contributed by atoms with Crippen molar-refractivity contribution in [3.05, 3.63) is 101 Å². The van der Waals surface area contributed by atoms with Crippen LogP contribution >= 0.6 is 15.9 Å². The van der Waals surface area contributed by atoms with Crippen molar-refractivity contribution in [2.24, 2.45) is 0 Å². The van der Waals surface area contributed by atoms with E-state index in [4.69, 9.17) is 9.47 Å². The lowest BCUT2D eigenvalue weighted by molar-refractivity contribution is -0.115. The molecule has 0 aliphatic carbocycles. The molecule has 0 aromatic heterocycles. The molecule has 5 heteroatoms. The number of para-hydroxylation sites is 1. The van der Waals surface area contributed by atoms with E-state index in [9.17, 15) is 4.79 Å². The lowest BCUT2D eigenvalue weighted by atomic mass is 10.0. The number of nitrogens with zero attached hydrogens (tertiary/aromatic N) is 1. The van der Waals surface area contributed by atoms with Gasteiger partial charge in [-0.25, -0.2) is 0 Å². The first-order valence-corrected chi connectivity index (χ1v) is 10.3. The Bertz CT molecular complexity index is 1010. The van der Waals surface area contributed by atoms with Crippen LogP contribution in [0.1, 0.15) is 11.1 Å². The highest BCUT2D eigenvalue weighted by atomic mass is 79.9. The van der Waals surface area contributed by atoms with E-state index in [-0.39, 0.29) is 5.91 Å². The van der Waals surface area contributed by atoms with Crippen LogP contribution in [0.15, 0.2) is 89.4 Å². The van der Waals surface area contributed by atoms with Crippen LogP contribution in [0.5, 0.6) is 11.5 Å². The Kier molecular flexibility index (Phi) is 7.31. The standard InChI is InChI=1S/C25H24BrNO3/c1-18(16-19-8-12-21(29-2)13-9-19)25(28)27(24-7-5-4-6-23(24)26)17-20-10-14-22(30-3)15-11-20/h4-15H,1,16-17H2,2-3H3. The lowest BCUT2D eigenvalue weighted by Gasteiger charge is -2.25. The summed E-state index contributed by atoms with van der Waals surface area (Å²) in [7, 11) is 3.27. The highest BCUT2D eigenvalue weighted by Crippen LogP contribution is 2.29.